The lowest BCUT2D eigenvalue weighted by Gasteiger charge is -2.06. The number of aromatic nitrogens is 1. The topological polar surface area (TPSA) is 80.3 Å². The zero-order valence-corrected chi connectivity index (χ0v) is 15.3. The monoisotopic (exact) mass is 393 g/mol. The molecular formula is C16H12ClN3O3S2. The molecule has 128 valence electrons. The van der Waals surface area contributed by atoms with Crippen LogP contribution in [0.5, 0.6) is 5.75 Å². The number of para-hydroxylation sites is 1. The summed E-state index contributed by atoms with van der Waals surface area (Å²) in [6.45, 7) is 0. The van der Waals surface area contributed by atoms with Gasteiger partial charge in [-0.1, -0.05) is 35.1 Å². The second-order valence-electron chi connectivity index (χ2n) is 4.78. The maximum absolute atomic E-state index is 12.1. The lowest BCUT2D eigenvalue weighted by Crippen LogP contribution is -2.24. The molecule has 0 saturated carbocycles. The van der Waals surface area contributed by atoms with Crippen molar-refractivity contribution < 1.29 is 14.3 Å². The van der Waals surface area contributed by atoms with Gasteiger partial charge in [0.05, 0.1) is 22.3 Å². The Labute approximate surface area is 156 Å². The molecule has 3 aromatic rings. The van der Waals surface area contributed by atoms with Crippen LogP contribution in [0.4, 0.5) is 9.93 Å². The molecule has 6 nitrogen and oxygen atoms in total. The summed E-state index contributed by atoms with van der Waals surface area (Å²) >= 11 is 8.01. The molecule has 0 radical (unpaired) electrons. The van der Waals surface area contributed by atoms with Gasteiger partial charge in [0.1, 0.15) is 5.75 Å². The number of hydrogen-bond acceptors (Lipinski definition) is 6. The van der Waals surface area contributed by atoms with E-state index in [1.54, 1.807) is 12.1 Å². The molecule has 0 aliphatic carbocycles. The fourth-order valence-electron chi connectivity index (χ4n) is 1.99. The van der Waals surface area contributed by atoms with Crippen LogP contribution < -0.4 is 14.8 Å². The number of rotatable bonds is 3. The molecule has 0 bridgehead atoms. The number of nitrogens with one attached hydrogen (secondary N) is 2. The highest BCUT2D eigenvalue weighted by Gasteiger charge is 2.13. The van der Waals surface area contributed by atoms with E-state index in [0.29, 0.717) is 33.4 Å². The minimum Gasteiger partial charge on any atom is -0.495 e. The van der Waals surface area contributed by atoms with Gasteiger partial charge in [-0.2, -0.15) is 0 Å². The van der Waals surface area contributed by atoms with Crippen LogP contribution in [-0.4, -0.2) is 23.2 Å². The summed E-state index contributed by atoms with van der Waals surface area (Å²) in [5, 5.41) is 3.05. The number of nitrogens with zero attached hydrogens (tertiary/aromatic N) is 1. The molecule has 1 aromatic heterocycles. The van der Waals surface area contributed by atoms with E-state index in [9.17, 15) is 9.59 Å². The quantitative estimate of drug-likeness (QED) is 0.637. The lowest BCUT2D eigenvalue weighted by atomic mass is 10.2. The Morgan fingerprint density at radius 2 is 2.04 bits per heavy atom. The van der Waals surface area contributed by atoms with E-state index < -0.39 is 6.03 Å². The Morgan fingerprint density at radius 3 is 2.76 bits per heavy atom. The van der Waals surface area contributed by atoms with E-state index in [4.69, 9.17) is 16.3 Å². The third kappa shape index (κ3) is 4.22. The van der Waals surface area contributed by atoms with Crippen molar-refractivity contribution in [3.63, 3.8) is 0 Å². The molecule has 0 unspecified atom stereocenters. The van der Waals surface area contributed by atoms with E-state index in [1.165, 1.54) is 24.5 Å². The van der Waals surface area contributed by atoms with E-state index in [-0.39, 0.29) is 5.12 Å². The molecular weight excluding hydrogens is 382 g/mol. The maximum atomic E-state index is 12.1. The summed E-state index contributed by atoms with van der Waals surface area (Å²) in [6.07, 6.45) is 0. The fraction of sp³-hybridized carbons (Fsp3) is 0.0625. The summed E-state index contributed by atoms with van der Waals surface area (Å²) in [5.74, 6) is 0.477. The van der Waals surface area contributed by atoms with Crippen molar-refractivity contribution in [2.45, 2.75) is 0 Å². The first-order valence-electron chi connectivity index (χ1n) is 7.04. The molecule has 2 aromatic carbocycles. The number of hydrogen-bond donors (Lipinski definition) is 2. The molecule has 25 heavy (non-hydrogen) atoms. The van der Waals surface area contributed by atoms with Crippen LogP contribution in [0.3, 0.4) is 0 Å². The molecule has 2 amide bonds. The number of urea groups is 1. The number of thiazole rings is 1. The van der Waals surface area contributed by atoms with Crippen molar-refractivity contribution in [2.24, 2.45) is 0 Å². The Balaban J connectivity index is 1.58. The van der Waals surface area contributed by atoms with Gasteiger partial charge in [0.15, 0.2) is 5.13 Å². The Morgan fingerprint density at radius 1 is 1.24 bits per heavy atom. The Bertz CT molecular complexity index is 912. The van der Waals surface area contributed by atoms with Crippen molar-refractivity contribution in [1.82, 2.24) is 9.71 Å². The summed E-state index contributed by atoms with van der Waals surface area (Å²) in [6, 6.07) is 11.7. The predicted octanol–water partition coefficient (Wildman–Crippen LogP) is 4.57. The van der Waals surface area contributed by atoms with Gasteiger partial charge < -0.3 is 4.74 Å². The van der Waals surface area contributed by atoms with Crippen LogP contribution in [-0.2, 0) is 0 Å². The van der Waals surface area contributed by atoms with Crippen LogP contribution in [0.15, 0.2) is 42.5 Å². The van der Waals surface area contributed by atoms with Crippen LogP contribution in [0.25, 0.3) is 10.2 Å². The number of methoxy groups -OCH3 is 1. The van der Waals surface area contributed by atoms with E-state index in [1.807, 2.05) is 24.3 Å². The number of anilines is 1. The molecule has 1 heterocycles. The number of amides is 2. The van der Waals surface area contributed by atoms with Crippen LogP contribution in [0, 0.1) is 0 Å². The molecule has 2 N–H and O–H groups in total. The van der Waals surface area contributed by atoms with Crippen molar-refractivity contribution in [3.8, 4) is 5.75 Å². The van der Waals surface area contributed by atoms with Gasteiger partial charge in [-0.05, 0) is 30.3 Å². The zero-order chi connectivity index (χ0) is 17.8. The highest BCUT2D eigenvalue weighted by molar-refractivity contribution is 8.12. The second kappa shape index (κ2) is 7.73. The molecule has 0 aliphatic heterocycles. The largest absolute Gasteiger partial charge is 0.495 e. The van der Waals surface area contributed by atoms with Gasteiger partial charge in [0.2, 0.25) is 5.12 Å². The molecule has 0 spiro atoms. The average Bonchev–Trinajstić information content (AvgIpc) is 3.01. The predicted molar refractivity (Wildman–Crippen MR) is 102 cm³/mol. The summed E-state index contributed by atoms with van der Waals surface area (Å²) in [5.41, 5.74) is 1.16. The molecule has 0 fully saturated rings. The van der Waals surface area contributed by atoms with Gasteiger partial charge in [-0.3, -0.25) is 14.8 Å². The first-order chi connectivity index (χ1) is 12.1. The normalized spacial score (nSPS) is 10.5. The Hall–Kier alpha value is -2.29. The number of halogens is 1. The lowest BCUT2D eigenvalue weighted by molar-refractivity contribution is 0.108. The van der Waals surface area contributed by atoms with Crippen LogP contribution >= 0.6 is 34.9 Å². The number of ether oxygens (including phenoxy) is 1. The second-order valence-corrected chi connectivity index (χ2v) is 7.00. The molecule has 0 atom stereocenters. The standard InChI is InChI=1S/C16H12ClN3O3S2/c1-23-12-7-6-9(8-10(12)17)14(21)25-20-15(22)19-16-18-11-4-2-3-5-13(11)24-16/h2-8H,1H3,(H2,18,19,20,22). The number of carbonyl (C=O) groups excluding carboxylic acids is 2. The zero-order valence-electron chi connectivity index (χ0n) is 12.9. The first-order valence-corrected chi connectivity index (χ1v) is 9.05. The first kappa shape index (κ1) is 17.5. The van der Waals surface area contributed by atoms with Crippen molar-refractivity contribution >= 4 is 61.4 Å². The van der Waals surface area contributed by atoms with Gasteiger partial charge in [-0.15, -0.1) is 0 Å². The third-order valence-electron chi connectivity index (χ3n) is 3.14. The fourth-order valence-corrected chi connectivity index (χ4v) is 3.59. The van der Waals surface area contributed by atoms with E-state index in [0.717, 1.165) is 10.2 Å². The third-order valence-corrected chi connectivity index (χ3v) is 5.09. The summed E-state index contributed by atoms with van der Waals surface area (Å²) < 4.78 is 8.43. The van der Waals surface area contributed by atoms with E-state index >= 15 is 0 Å². The molecule has 0 saturated heterocycles. The van der Waals surface area contributed by atoms with Crippen LogP contribution in [0.1, 0.15) is 10.4 Å². The van der Waals surface area contributed by atoms with Gasteiger partial charge in [0.25, 0.3) is 0 Å². The number of fused-ring (bicyclic) bond motifs is 1. The number of benzene rings is 2. The SMILES string of the molecule is COc1ccc(C(=O)SNC(=O)Nc2nc3ccccc3s2)cc1Cl. The van der Waals surface area contributed by atoms with Crippen LogP contribution in [0.2, 0.25) is 5.02 Å². The minimum absolute atomic E-state index is 0.327. The number of carbonyl (C=O) groups is 2. The smallest absolute Gasteiger partial charge is 0.331 e. The van der Waals surface area contributed by atoms with Gasteiger partial charge >= 0.3 is 6.03 Å². The minimum atomic E-state index is -0.531. The summed E-state index contributed by atoms with van der Waals surface area (Å²) in [7, 11) is 1.49. The van der Waals surface area contributed by atoms with Gasteiger partial charge in [-0.25, -0.2) is 9.78 Å². The average molecular weight is 394 g/mol. The summed E-state index contributed by atoms with van der Waals surface area (Å²) in [4.78, 5) is 28.3. The Kier molecular flexibility index (Phi) is 5.42. The molecule has 9 heteroatoms. The van der Waals surface area contributed by atoms with Crippen molar-refractivity contribution in [2.75, 3.05) is 12.4 Å². The van der Waals surface area contributed by atoms with Crippen molar-refractivity contribution in [1.29, 1.82) is 0 Å². The van der Waals surface area contributed by atoms with E-state index in [2.05, 4.69) is 15.0 Å². The highest BCUT2D eigenvalue weighted by Crippen LogP contribution is 2.27. The maximum Gasteiger partial charge on any atom is 0.331 e. The van der Waals surface area contributed by atoms with Crippen molar-refractivity contribution in [3.05, 3.63) is 53.1 Å². The van der Waals surface area contributed by atoms with Gasteiger partial charge in [0, 0.05) is 17.5 Å². The highest BCUT2D eigenvalue weighted by atomic mass is 35.5. The molecule has 3 rings (SSSR count). The molecule has 0 aliphatic rings.